The second-order valence-corrected chi connectivity index (χ2v) is 6.54. The number of nitrogens with one attached hydrogen (secondary N) is 1. The van der Waals surface area contributed by atoms with Gasteiger partial charge in [0, 0.05) is 31.4 Å². The number of rotatable bonds is 3. The summed E-state index contributed by atoms with van der Waals surface area (Å²) in [5, 5.41) is 3.61. The number of benzene rings is 1. The minimum Gasteiger partial charge on any atom is -0.382 e. The molecule has 2 unspecified atom stereocenters. The Morgan fingerprint density at radius 3 is 2.40 bits per heavy atom. The molecule has 0 aromatic heterocycles. The Morgan fingerprint density at radius 1 is 1.15 bits per heavy atom. The first-order valence-corrected chi connectivity index (χ1v) is 7.54. The van der Waals surface area contributed by atoms with E-state index in [0.717, 1.165) is 23.1 Å². The van der Waals surface area contributed by atoms with Crippen molar-refractivity contribution in [2.45, 2.75) is 39.2 Å². The minimum atomic E-state index is 0.0547. The van der Waals surface area contributed by atoms with E-state index in [1.165, 1.54) is 19.3 Å². The summed E-state index contributed by atoms with van der Waals surface area (Å²) >= 11 is 0. The summed E-state index contributed by atoms with van der Waals surface area (Å²) < 4.78 is 0. The molecule has 0 radical (unpaired) electrons. The third kappa shape index (κ3) is 3.75. The van der Waals surface area contributed by atoms with Gasteiger partial charge in [-0.25, -0.2) is 0 Å². The van der Waals surface area contributed by atoms with Crippen molar-refractivity contribution >= 4 is 11.6 Å². The van der Waals surface area contributed by atoms with Crippen molar-refractivity contribution in [2.24, 2.45) is 11.8 Å². The van der Waals surface area contributed by atoms with Gasteiger partial charge in [-0.2, -0.15) is 0 Å². The maximum Gasteiger partial charge on any atom is 0.253 e. The van der Waals surface area contributed by atoms with Crippen molar-refractivity contribution in [3.63, 3.8) is 0 Å². The maximum absolute atomic E-state index is 12.0. The van der Waals surface area contributed by atoms with Gasteiger partial charge in [0.1, 0.15) is 0 Å². The first-order valence-electron chi connectivity index (χ1n) is 7.54. The van der Waals surface area contributed by atoms with Gasteiger partial charge >= 0.3 is 0 Å². The molecule has 1 fully saturated rings. The fourth-order valence-electron chi connectivity index (χ4n) is 3.30. The third-order valence-corrected chi connectivity index (χ3v) is 4.07. The van der Waals surface area contributed by atoms with E-state index >= 15 is 0 Å². The number of anilines is 1. The Labute approximate surface area is 122 Å². The molecule has 2 rings (SSSR count). The lowest BCUT2D eigenvalue weighted by Gasteiger charge is -2.32. The minimum absolute atomic E-state index is 0.0547. The first kappa shape index (κ1) is 14.9. The molecule has 1 aliphatic carbocycles. The number of hydrogen-bond donors (Lipinski definition) is 1. The van der Waals surface area contributed by atoms with Gasteiger partial charge in [-0.05, 0) is 49.3 Å². The fourth-order valence-corrected chi connectivity index (χ4v) is 3.30. The molecule has 1 aromatic rings. The third-order valence-electron chi connectivity index (χ3n) is 4.07. The molecular weight excluding hydrogens is 248 g/mol. The number of carbonyl (C=O) groups excluding carboxylic acids is 1. The molecule has 110 valence electrons. The Balaban J connectivity index is 2.06. The van der Waals surface area contributed by atoms with Crippen LogP contribution in [-0.2, 0) is 0 Å². The van der Waals surface area contributed by atoms with Gasteiger partial charge in [0.2, 0.25) is 0 Å². The van der Waals surface area contributed by atoms with E-state index in [1.54, 1.807) is 19.0 Å². The molecule has 3 nitrogen and oxygen atoms in total. The summed E-state index contributed by atoms with van der Waals surface area (Å²) in [4.78, 5) is 13.6. The van der Waals surface area contributed by atoms with Crippen LogP contribution >= 0.6 is 0 Å². The van der Waals surface area contributed by atoms with E-state index < -0.39 is 0 Å². The van der Waals surface area contributed by atoms with Gasteiger partial charge in [0.05, 0.1) is 0 Å². The van der Waals surface area contributed by atoms with Gasteiger partial charge in [-0.15, -0.1) is 0 Å². The average Bonchev–Trinajstić information content (AvgIpc) is 2.36. The molecular formula is C17H26N2O. The summed E-state index contributed by atoms with van der Waals surface area (Å²) in [6.45, 7) is 4.66. The lowest BCUT2D eigenvalue weighted by Crippen LogP contribution is -2.30. The molecule has 0 saturated heterocycles. The molecule has 20 heavy (non-hydrogen) atoms. The van der Waals surface area contributed by atoms with Crippen molar-refractivity contribution in [1.29, 1.82) is 0 Å². The van der Waals surface area contributed by atoms with Crippen molar-refractivity contribution in [3.05, 3.63) is 29.8 Å². The number of hydrogen-bond acceptors (Lipinski definition) is 2. The molecule has 0 bridgehead atoms. The highest BCUT2D eigenvalue weighted by atomic mass is 16.2. The van der Waals surface area contributed by atoms with Crippen LogP contribution in [0.3, 0.4) is 0 Å². The highest BCUT2D eigenvalue weighted by Gasteiger charge is 2.23. The Hall–Kier alpha value is -1.51. The lowest BCUT2D eigenvalue weighted by molar-refractivity contribution is 0.0827. The zero-order valence-corrected chi connectivity index (χ0v) is 13.0. The van der Waals surface area contributed by atoms with Crippen LogP contribution in [0.25, 0.3) is 0 Å². The standard InChI is InChI=1S/C17H26N2O/c1-12-8-13(2)10-16(9-12)18-15-7-5-6-14(11-15)17(20)19(3)4/h5-7,11-13,16,18H,8-10H2,1-4H3. The molecule has 1 aliphatic rings. The van der Waals surface area contributed by atoms with E-state index in [0.29, 0.717) is 6.04 Å². The maximum atomic E-state index is 12.0. The molecule has 0 heterocycles. The summed E-state index contributed by atoms with van der Waals surface area (Å²) in [7, 11) is 3.57. The van der Waals surface area contributed by atoms with Crippen molar-refractivity contribution in [3.8, 4) is 0 Å². The van der Waals surface area contributed by atoms with Gasteiger partial charge in [0.25, 0.3) is 5.91 Å². The summed E-state index contributed by atoms with van der Waals surface area (Å²) in [5.41, 5.74) is 1.81. The van der Waals surface area contributed by atoms with E-state index in [4.69, 9.17) is 0 Å². The summed E-state index contributed by atoms with van der Waals surface area (Å²) in [6.07, 6.45) is 3.77. The monoisotopic (exact) mass is 274 g/mol. The predicted molar refractivity (Wildman–Crippen MR) is 84.0 cm³/mol. The topological polar surface area (TPSA) is 32.3 Å². The van der Waals surface area contributed by atoms with Gasteiger partial charge in [-0.3, -0.25) is 4.79 Å². The smallest absolute Gasteiger partial charge is 0.253 e. The normalized spacial score (nSPS) is 26.1. The Kier molecular flexibility index (Phi) is 4.69. The second kappa shape index (κ2) is 6.29. The fraction of sp³-hybridized carbons (Fsp3) is 0.588. The second-order valence-electron chi connectivity index (χ2n) is 6.54. The van der Waals surface area contributed by atoms with E-state index in [9.17, 15) is 4.79 Å². The van der Waals surface area contributed by atoms with Crippen LogP contribution in [0, 0.1) is 11.8 Å². The summed E-state index contributed by atoms with van der Waals surface area (Å²) in [6, 6.07) is 8.37. The number of nitrogens with zero attached hydrogens (tertiary/aromatic N) is 1. The van der Waals surface area contributed by atoms with Crippen LogP contribution in [0.2, 0.25) is 0 Å². The van der Waals surface area contributed by atoms with Crippen LogP contribution in [-0.4, -0.2) is 30.9 Å². The average molecular weight is 274 g/mol. The zero-order valence-electron chi connectivity index (χ0n) is 13.0. The SMILES string of the molecule is CC1CC(C)CC(Nc2cccc(C(=O)N(C)C)c2)C1. The van der Waals surface area contributed by atoms with Crippen LogP contribution in [0.5, 0.6) is 0 Å². The molecule has 3 heteroatoms. The number of amides is 1. The predicted octanol–water partition coefficient (Wildman–Crippen LogP) is 3.63. The highest BCUT2D eigenvalue weighted by molar-refractivity contribution is 5.94. The first-order chi connectivity index (χ1) is 9.45. The van der Waals surface area contributed by atoms with Crippen molar-refractivity contribution in [1.82, 2.24) is 4.90 Å². The van der Waals surface area contributed by atoms with Gasteiger partial charge in [-0.1, -0.05) is 19.9 Å². The zero-order chi connectivity index (χ0) is 14.7. The van der Waals surface area contributed by atoms with E-state index in [1.807, 2.05) is 18.2 Å². The van der Waals surface area contributed by atoms with Crippen molar-refractivity contribution in [2.75, 3.05) is 19.4 Å². The molecule has 0 aliphatic heterocycles. The molecule has 2 atom stereocenters. The lowest BCUT2D eigenvalue weighted by atomic mass is 9.80. The molecule has 0 spiro atoms. The van der Waals surface area contributed by atoms with Gasteiger partial charge < -0.3 is 10.2 Å². The Bertz CT molecular complexity index is 460. The van der Waals surface area contributed by atoms with Gasteiger partial charge in [0.15, 0.2) is 0 Å². The van der Waals surface area contributed by atoms with Crippen LogP contribution in [0.1, 0.15) is 43.5 Å². The van der Waals surface area contributed by atoms with Crippen LogP contribution in [0.4, 0.5) is 5.69 Å². The van der Waals surface area contributed by atoms with Crippen LogP contribution in [0.15, 0.2) is 24.3 Å². The van der Waals surface area contributed by atoms with Crippen LogP contribution < -0.4 is 5.32 Å². The van der Waals surface area contributed by atoms with E-state index in [-0.39, 0.29) is 5.91 Å². The molecule has 1 N–H and O–H groups in total. The molecule has 1 aromatic carbocycles. The molecule has 1 saturated carbocycles. The quantitative estimate of drug-likeness (QED) is 0.913. The summed E-state index contributed by atoms with van der Waals surface area (Å²) in [5.74, 6) is 1.62. The Morgan fingerprint density at radius 2 is 1.80 bits per heavy atom. The van der Waals surface area contributed by atoms with Crippen molar-refractivity contribution < 1.29 is 4.79 Å². The number of carbonyl (C=O) groups is 1. The largest absolute Gasteiger partial charge is 0.382 e. The van der Waals surface area contributed by atoms with E-state index in [2.05, 4.69) is 25.2 Å². The molecule has 1 amide bonds. The highest BCUT2D eigenvalue weighted by Crippen LogP contribution is 2.30.